The van der Waals surface area contributed by atoms with E-state index in [4.69, 9.17) is 4.52 Å². The van der Waals surface area contributed by atoms with E-state index in [2.05, 4.69) is 34.5 Å². The SMILES string of the molecule is CC1(CNCc2nc(Cc3ccccc3)no2)CCCC1. The Morgan fingerprint density at radius 3 is 2.71 bits per heavy atom. The Balaban J connectivity index is 1.49. The van der Waals surface area contributed by atoms with Crippen LogP contribution in [0.25, 0.3) is 0 Å². The number of hydrogen-bond acceptors (Lipinski definition) is 4. The van der Waals surface area contributed by atoms with E-state index in [0.717, 1.165) is 18.8 Å². The number of benzene rings is 1. The highest BCUT2D eigenvalue weighted by Gasteiger charge is 2.28. The van der Waals surface area contributed by atoms with E-state index >= 15 is 0 Å². The van der Waals surface area contributed by atoms with Gasteiger partial charge >= 0.3 is 0 Å². The van der Waals surface area contributed by atoms with Crippen molar-refractivity contribution in [3.05, 3.63) is 47.6 Å². The summed E-state index contributed by atoms with van der Waals surface area (Å²) in [7, 11) is 0. The van der Waals surface area contributed by atoms with Crippen molar-refractivity contribution in [2.24, 2.45) is 5.41 Å². The molecule has 0 unspecified atom stereocenters. The summed E-state index contributed by atoms with van der Waals surface area (Å²) in [6, 6.07) is 10.2. The number of aromatic nitrogens is 2. The third-order valence-electron chi connectivity index (χ3n) is 4.35. The van der Waals surface area contributed by atoms with Crippen LogP contribution in [0.4, 0.5) is 0 Å². The van der Waals surface area contributed by atoms with Crippen LogP contribution >= 0.6 is 0 Å². The first kappa shape index (κ1) is 14.3. The lowest BCUT2D eigenvalue weighted by Gasteiger charge is -2.23. The van der Waals surface area contributed by atoms with Gasteiger partial charge in [-0.1, -0.05) is 55.3 Å². The number of hydrogen-bond donors (Lipinski definition) is 1. The van der Waals surface area contributed by atoms with Crippen molar-refractivity contribution >= 4 is 0 Å². The fourth-order valence-electron chi connectivity index (χ4n) is 3.09. The normalized spacial score (nSPS) is 17.2. The third-order valence-corrected chi connectivity index (χ3v) is 4.35. The molecule has 3 rings (SSSR count). The van der Waals surface area contributed by atoms with Crippen molar-refractivity contribution in [2.45, 2.75) is 45.6 Å². The maximum absolute atomic E-state index is 5.31. The smallest absolute Gasteiger partial charge is 0.240 e. The monoisotopic (exact) mass is 285 g/mol. The molecule has 0 saturated heterocycles. The van der Waals surface area contributed by atoms with Gasteiger partial charge in [0.05, 0.1) is 6.54 Å². The molecule has 0 bridgehead atoms. The first-order valence-electron chi connectivity index (χ1n) is 7.80. The predicted octanol–water partition coefficient (Wildman–Crippen LogP) is 3.33. The van der Waals surface area contributed by atoms with Gasteiger partial charge in [0.2, 0.25) is 5.89 Å². The summed E-state index contributed by atoms with van der Waals surface area (Å²) in [6.07, 6.45) is 6.09. The Kier molecular flexibility index (Phi) is 4.34. The van der Waals surface area contributed by atoms with Crippen molar-refractivity contribution in [3.8, 4) is 0 Å². The molecule has 0 amide bonds. The van der Waals surface area contributed by atoms with Gasteiger partial charge in [0.1, 0.15) is 0 Å². The fraction of sp³-hybridized carbons (Fsp3) is 0.529. The Labute approximate surface area is 126 Å². The van der Waals surface area contributed by atoms with Crippen LogP contribution in [0.15, 0.2) is 34.9 Å². The topological polar surface area (TPSA) is 51.0 Å². The van der Waals surface area contributed by atoms with Crippen LogP contribution in [-0.4, -0.2) is 16.7 Å². The molecule has 2 aromatic rings. The van der Waals surface area contributed by atoms with Crippen LogP contribution in [0.5, 0.6) is 0 Å². The molecule has 1 heterocycles. The highest BCUT2D eigenvalue weighted by Crippen LogP contribution is 2.36. The lowest BCUT2D eigenvalue weighted by molar-refractivity contribution is 0.298. The van der Waals surface area contributed by atoms with Crippen molar-refractivity contribution in [1.29, 1.82) is 0 Å². The summed E-state index contributed by atoms with van der Waals surface area (Å²) in [6.45, 7) is 4.06. The molecular formula is C17H23N3O. The van der Waals surface area contributed by atoms with Crippen molar-refractivity contribution in [3.63, 3.8) is 0 Å². The maximum atomic E-state index is 5.31. The third kappa shape index (κ3) is 3.91. The number of rotatable bonds is 6. The molecular weight excluding hydrogens is 262 g/mol. The minimum Gasteiger partial charge on any atom is -0.338 e. The van der Waals surface area contributed by atoms with E-state index in [1.165, 1.54) is 31.2 Å². The van der Waals surface area contributed by atoms with Gasteiger partial charge in [0.25, 0.3) is 0 Å². The average Bonchev–Trinajstić information content (AvgIpc) is 3.10. The van der Waals surface area contributed by atoms with Crippen molar-refractivity contribution in [1.82, 2.24) is 15.5 Å². The molecule has 4 heteroatoms. The Hall–Kier alpha value is -1.68. The zero-order valence-electron chi connectivity index (χ0n) is 12.6. The van der Waals surface area contributed by atoms with E-state index in [-0.39, 0.29) is 0 Å². The summed E-state index contributed by atoms with van der Waals surface area (Å²) in [5.74, 6) is 1.44. The van der Waals surface area contributed by atoms with Crippen LogP contribution in [0.2, 0.25) is 0 Å². The first-order chi connectivity index (χ1) is 10.2. The van der Waals surface area contributed by atoms with E-state index in [1.54, 1.807) is 0 Å². The molecule has 0 spiro atoms. The average molecular weight is 285 g/mol. The van der Waals surface area contributed by atoms with Crippen molar-refractivity contribution < 1.29 is 4.52 Å². The van der Waals surface area contributed by atoms with Crippen LogP contribution in [0.1, 0.15) is 49.9 Å². The molecule has 1 aliphatic rings. The molecule has 0 atom stereocenters. The van der Waals surface area contributed by atoms with E-state index in [1.807, 2.05) is 18.2 Å². The molecule has 0 radical (unpaired) electrons. The molecule has 1 N–H and O–H groups in total. The van der Waals surface area contributed by atoms with Crippen molar-refractivity contribution in [2.75, 3.05) is 6.54 Å². The standard InChI is InChI=1S/C17H23N3O/c1-17(9-5-6-10-17)13-18-12-16-19-15(20-21-16)11-14-7-3-2-4-8-14/h2-4,7-8,18H,5-6,9-13H2,1H3. The lowest BCUT2D eigenvalue weighted by Crippen LogP contribution is -2.29. The molecule has 1 saturated carbocycles. The van der Waals surface area contributed by atoms with Gasteiger partial charge < -0.3 is 9.84 Å². The van der Waals surface area contributed by atoms with Crippen LogP contribution < -0.4 is 5.32 Å². The zero-order chi connectivity index (χ0) is 14.5. The van der Waals surface area contributed by atoms with Gasteiger partial charge in [0.15, 0.2) is 5.82 Å². The fourth-order valence-corrected chi connectivity index (χ4v) is 3.09. The van der Waals surface area contributed by atoms with E-state index in [0.29, 0.717) is 17.9 Å². The lowest BCUT2D eigenvalue weighted by atomic mass is 9.89. The summed E-state index contributed by atoms with van der Waals surface area (Å²) in [5, 5.41) is 7.52. The van der Waals surface area contributed by atoms with Gasteiger partial charge in [-0.05, 0) is 23.8 Å². The maximum Gasteiger partial charge on any atom is 0.240 e. The predicted molar refractivity (Wildman–Crippen MR) is 81.8 cm³/mol. The minimum absolute atomic E-state index is 0.451. The second-order valence-electron chi connectivity index (χ2n) is 6.39. The minimum atomic E-state index is 0.451. The van der Waals surface area contributed by atoms with Gasteiger partial charge in [-0.3, -0.25) is 0 Å². The Morgan fingerprint density at radius 1 is 1.19 bits per heavy atom. The summed E-state index contributed by atoms with van der Waals surface area (Å²) < 4.78 is 5.31. The second-order valence-corrected chi connectivity index (χ2v) is 6.39. The summed E-state index contributed by atoms with van der Waals surface area (Å²) in [4.78, 5) is 4.45. The Bertz CT molecular complexity index is 558. The zero-order valence-corrected chi connectivity index (χ0v) is 12.6. The van der Waals surface area contributed by atoms with E-state index < -0.39 is 0 Å². The van der Waals surface area contributed by atoms with E-state index in [9.17, 15) is 0 Å². The second kappa shape index (κ2) is 6.39. The molecule has 0 aliphatic heterocycles. The molecule has 1 aromatic carbocycles. The highest BCUT2D eigenvalue weighted by atomic mass is 16.5. The quantitative estimate of drug-likeness (QED) is 0.884. The molecule has 112 valence electrons. The highest BCUT2D eigenvalue weighted by molar-refractivity contribution is 5.18. The van der Waals surface area contributed by atoms with Crippen LogP contribution in [-0.2, 0) is 13.0 Å². The first-order valence-corrected chi connectivity index (χ1v) is 7.80. The molecule has 21 heavy (non-hydrogen) atoms. The van der Waals surface area contributed by atoms with Gasteiger partial charge in [-0.2, -0.15) is 4.98 Å². The molecule has 1 aliphatic carbocycles. The van der Waals surface area contributed by atoms with Gasteiger partial charge in [-0.15, -0.1) is 0 Å². The summed E-state index contributed by atoms with van der Waals surface area (Å²) >= 11 is 0. The molecule has 1 aromatic heterocycles. The van der Waals surface area contributed by atoms with Crippen LogP contribution in [0.3, 0.4) is 0 Å². The van der Waals surface area contributed by atoms with Gasteiger partial charge in [-0.25, -0.2) is 0 Å². The summed E-state index contributed by atoms with van der Waals surface area (Å²) in [5.41, 5.74) is 1.66. The largest absolute Gasteiger partial charge is 0.338 e. The Morgan fingerprint density at radius 2 is 1.95 bits per heavy atom. The number of nitrogens with one attached hydrogen (secondary N) is 1. The molecule has 4 nitrogen and oxygen atoms in total. The van der Waals surface area contributed by atoms with Crippen LogP contribution in [0, 0.1) is 5.41 Å². The number of nitrogens with zero attached hydrogens (tertiary/aromatic N) is 2. The van der Waals surface area contributed by atoms with Gasteiger partial charge in [0, 0.05) is 13.0 Å². The molecule has 1 fully saturated rings.